The van der Waals surface area contributed by atoms with Crippen LogP contribution < -0.4 is 0 Å². The van der Waals surface area contributed by atoms with Gasteiger partial charge in [0.1, 0.15) is 5.52 Å². The van der Waals surface area contributed by atoms with Crippen molar-refractivity contribution in [2.24, 2.45) is 0 Å². The second kappa shape index (κ2) is 6.59. The lowest BCUT2D eigenvalue weighted by atomic mass is 10.0. The molecule has 0 amide bonds. The molecule has 26 heavy (non-hydrogen) atoms. The maximum Gasteiger partial charge on any atom is 0.340 e. The van der Waals surface area contributed by atoms with Crippen molar-refractivity contribution in [3.63, 3.8) is 0 Å². The Morgan fingerprint density at radius 3 is 2.54 bits per heavy atom. The van der Waals surface area contributed by atoms with Gasteiger partial charge in [0, 0.05) is 5.39 Å². The molecule has 2 aromatic carbocycles. The van der Waals surface area contributed by atoms with Crippen LogP contribution in [0.3, 0.4) is 0 Å². The van der Waals surface area contributed by atoms with E-state index in [0.717, 1.165) is 27.7 Å². The van der Waals surface area contributed by atoms with Crippen molar-refractivity contribution in [2.45, 2.75) is 26.9 Å². The van der Waals surface area contributed by atoms with E-state index in [1.807, 2.05) is 62.4 Å². The Labute approximate surface area is 150 Å². The molecule has 0 spiro atoms. The summed E-state index contributed by atoms with van der Waals surface area (Å²) in [5.41, 5.74) is 4.46. The van der Waals surface area contributed by atoms with E-state index < -0.39 is 5.97 Å². The molecule has 130 valence electrons. The predicted molar refractivity (Wildman–Crippen MR) is 99.0 cm³/mol. The topological polar surface area (TPSA) is 65.2 Å². The highest BCUT2D eigenvalue weighted by Gasteiger charge is 2.20. The smallest absolute Gasteiger partial charge is 0.340 e. The van der Waals surface area contributed by atoms with Gasteiger partial charge < -0.3 is 9.15 Å². The number of esters is 1. The van der Waals surface area contributed by atoms with E-state index in [9.17, 15) is 4.79 Å². The maximum atomic E-state index is 12.7. The first-order valence-corrected chi connectivity index (χ1v) is 8.57. The molecule has 0 saturated heterocycles. The molecule has 0 radical (unpaired) electrons. The third kappa shape index (κ3) is 2.81. The van der Waals surface area contributed by atoms with Crippen LogP contribution in [-0.2, 0) is 17.8 Å². The first-order chi connectivity index (χ1) is 12.7. The molecule has 0 aliphatic carbocycles. The van der Waals surface area contributed by atoms with E-state index in [2.05, 4.69) is 9.97 Å². The molecule has 0 N–H and O–H groups in total. The Bertz CT molecular complexity index is 1080. The fourth-order valence-electron chi connectivity index (χ4n) is 3.15. The molecule has 4 rings (SSSR count). The van der Waals surface area contributed by atoms with Gasteiger partial charge in [0.25, 0.3) is 0 Å². The van der Waals surface area contributed by atoms with Gasteiger partial charge in [-0.2, -0.15) is 0 Å². The molecule has 0 fully saturated rings. The number of aryl methyl sites for hydroxylation is 2. The number of ether oxygens (including phenoxy) is 1. The number of benzene rings is 2. The molecular formula is C21H18N2O3. The zero-order valence-electron chi connectivity index (χ0n) is 14.7. The number of hydrogen-bond acceptors (Lipinski definition) is 5. The number of carbonyl (C=O) groups excluding carboxylic acids is 1. The number of rotatable bonds is 4. The van der Waals surface area contributed by atoms with E-state index in [4.69, 9.17) is 9.15 Å². The van der Waals surface area contributed by atoms with Gasteiger partial charge in [0.05, 0.1) is 16.8 Å². The van der Waals surface area contributed by atoms with Crippen molar-refractivity contribution in [3.05, 3.63) is 71.2 Å². The summed E-state index contributed by atoms with van der Waals surface area (Å²) in [4.78, 5) is 21.7. The Hall–Kier alpha value is -3.21. The van der Waals surface area contributed by atoms with E-state index in [1.54, 1.807) is 0 Å². The highest BCUT2D eigenvalue weighted by Crippen LogP contribution is 2.24. The van der Waals surface area contributed by atoms with Crippen LogP contribution in [0.15, 0.2) is 52.9 Å². The lowest BCUT2D eigenvalue weighted by Gasteiger charge is -2.12. The SMILES string of the molecule is CCc1nc2ccccc2c(C)c1C(=O)OCc1nc2ccccc2o1. The summed E-state index contributed by atoms with van der Waals surface area (Å²) in [7, 11) is 0. The Balaban J connectivity index is 1.64. The van der Waals surface area contributed by atoms with E-state index >= 15 is 0 Å². The molecule has 5 nitrogen and oxygen atoms in total. The first-order valence-electron chi connectivity index (χ1n) is 8.57. The number of carbonyl (C=O) groups is 1. The molecule has 5 heteroatoms. The van der Waals surface area contributed by atoms with Crippen molar-refractivity contribution in [1.29, 1.82) is 0 Å². The van der Waals surface area contributed by atoms with Crippen LogP contribution in [0.4, 0.5) is 0 Å². The minimum atomic E-state index is -0.403. The maximum absolute atomic E-state index is 12.7. The fourth-order valence-corrected chi connectivity index (χ4v) is 3.15. The number of fused-ring (bicyclic) bond motifs is 2. The molecule has 0 aliphatic rings. The highest BCUT2D eigenvalue weighted by molar-refractivity contribution is 5.98. The van der Waals surface area contributed by atoms with Crippen LogP contribution in [0.5, 0.6) is 0 Å². The number of hydrogen-bond donors (Lipinski definition) is 0. The average molecular weight is 346 g/mol. The summed E-state index contributed by atoms with van der Waals surface area (Å²) in [5.74, 6) is -0.0242. The zero-order chi connectivity index (χ0) is 18.1. The number of para-hydroxylation sites is 3. The lowest BCUT2D eigenvalue weighted by Crippen LogP contribution is -2.12. The summed E-state index contributed by atoms with van der Waals surface area (Å²) in [5, 5.41) is 0.957. The quantitative estimate of drug-likeness (QED) is 0.505. The van der Waals surface area contributed by atoms with Gasteiger partial charge in [-0.1, -0.05) is 37.3 Å². The monoisotopic (exact) mass is 346 g/mol. The summed E-state index contributed by atoms with van der Waals surface area (Å²) in [6.07, 6.45) is 0.652. The number of pyridine rings is 1. The van der Waals surface area contributed by atoms with Gasteiger partial charge >= 0.3 is 5.97 Å². The van der Waals surface area contributed by atoms with Crippen LogP contribution in [-0.4, -0.2) is 15.9 Å². The molecule has 0 bridgehead atoms. The standard InChI is InChI=1S/C21H18N2O3/c1-3-15-20(13(2)14-8-4-5-9-16(14)22-15)21(24)25-12-19-23-17-10-6-7-11-18(17)26-19/h4-11H,3,12H2,1-2H3. The van der Waals surface area contributed by atoms with Crippen LogP contribution in [0.25, 0.3) is 22.0 Å². The van der Waals surface area contributed by atoms with E-state index in [-0.39, 0.29) is 6.61 Å². The Morgan fingerprint density at radius 1 is 1.04 bits per heavy atom. The van der Waals surface area contributed by atoms with Crippen molar-refractivity contribution in [1.82, 2.24) is 9.97 Å². The number of aromatic nitrogens is 2. The van der Waals surface area contributed by atoms with Gasteiger partial charge in [0.2, 0.25) is 5.89 Å². The van der Waals surface area contributed by atoms with Crippen molar-refractivity contribution < 1.29 is 13.9 Å². The first kappa shape index (κ1) is 16.3. The molecule has 0 atom stereocenters. The van der Waals surface area contributed by atoms with Crippen molar-refractivity contribution in [3.8, 4) is 0 Å². The third-order valence-electron chi connectivity index (χ3n) is 4.43. The third-order valence-corrected chi connectivity index (χ3v) is 4.43. The normalized spacial score (nSPS) is 11.2. The summed E-state index contributed by atoms with van der Waals surface area (Å²) >= 11 is 0. The van der Waals surface area contributed by atoms with Gasteiger partial charge in [-0.3, -0.25) is 4.98 Å². The fraction of sp³-hybridized carbons (Fsp3) is 0.190. The van der Waals surface area contributed by atoms with Crippen molar-refractivity contribution in [2.75, 3.05) is 0 Å². The molecule has 0 unspecified atom stereocenters. The van der Waals surface area contributed by atoms with Crippen molar-refractivity contribution >= 4 is 28.0 Å². The molecule has 4 aromatic rings. The Kier molecular flexibility index (Phi) is 4.13. The number of oxazole rings is 1. The summed E-state index contributed by atoms with van der Waals surface area (Å²) in [6.45, 7) is 3.90. The molecule has 2 heterocycles. The summed E-state index contributed by atoms with van der Waals surface area (Å²) < 4.78 is 11.1. The number of nitrogens with zero attached hydrogens (tertiary/aromatic N) is 2. The molecule has 2 aromatic heterocycles. The average Bonchev–Trinajstić information content (AvgIpc) is 3.09. The van der Waals surface area contributed by atoms with Gasteiger partial charge in [-0.05, 0) is 37.1 Å². The van der Waals surface area contributed by atoms with Gasteiger partial charge in [-0.25, -0.2) is 9.78 Å². The minimum absolute atomic E-state index is 0.0110. The van der Waals surface area contributed by atoms with Crippen LogP contribution in [0.2, 0.25) is 0 Å². The summed E-state index contributed by atoms with van der Waals surface area (Å²) in [6, 6.07) is 15.3. The minimum Gasteiger partial charge on any atom is -0.452 e. The molecule has 0 saturated carbocycles. The Morgan fingerprint density at radius 2 is 1.77 bits per heavy atom. The van der Waals surface area contributed by atoms with Crippen LogP contribution in [0.1, 0.15) is 34.4 Å². The van der Waals surface area contributed by atoms with E-state index in [0.29, 0.717) is 23.5 Å². The van der Waals surface area contributed by atoms with Gasteiger partial charge in [-0.15, -0.1) is 0 Å². The lowest BCUT2D eigenvalue weighted by molar-refractivity contribution is 0.0438. The largest absolute Gasteiger partial charge is 0.452 e. The second-order valence-electron chi connectivity index (χ2n) is 6.08. The zero-order valence-corrected chi connectivity index (χ0v) is 14.7. The van der Waals surface area contributed by atoms with Crippen LogP contribution >= 0.6 is 0 Å². The molecular weight excluding hydrogens is 328 g/mol. The highest BCUT2D eigenvalue weighted by atomic mass is 16.5. The van der Waals surface area contributed by atoms with E-state index in [1.165, 1.54) is 0 Å². The molecule has 0 aliphatic heterocycles. The van der Waals surface area contributed by atoms with Crippen LogP contribution in [0, 0.1) is 6.92 Å². The van der Waals surface area contributed by atoms with Gasteiger partial charge in [0.15, 0.2) is 12.2 Å². The predicted octanol–water partition coefficient (Wildman–Crippen LogP) is 4.60. The second-order valence-corrected chi connectivity index (χ2v) is 6.08.